The minimum Gasteiger partial charge on any atom is -0.350 e. The van der Waals surface area contributed by atoms with Crippen LogP contribution in [0.25, 0.3) is 0 Å². The van der Waals surface area contributed by atoms with E-state index in [4.69, 9.17) is 11.6 Å². The zero-order valence-corrected chi connectivity index (χ0v) is 22.7. The lowest BCUT2D eigenvalue weighted by Crippen LogP contribution is -2.53. The fraction of sp³-hybridized carbons (Fsp3) is 0.462. The van der Waals surface area contributed by atoms with Gasteiger partial charge in [-0.25, -0.2) is 8.42 Å². The molecule has 2 amide bonds. The highest BCUT2D eigenvalue weighted by Crippen LogP contribution is 2.20. The molecule has 0 aromatic heterocycles. The van der Waals surface area contributed by atoms with Crippen LogP contribution in [0.4, 0.5) is 5.69 Å². The first kappa shape index (κ1) is 28.7. The second kappa shape index (κ2) is 12.4. The standard InChI is InChI=1S/C26H36ClN3O4S/c1-6-23(25(32)28-26(2,3)4)29(19-20-14-16-21(27)17-15-20)24(31)13-10-18-30(35(5,33)34)22-11-8-7-9-12-22/h7-9,11-12,14-17,23H,6,10,13,18-19H2,1-5H3,(H,28,32). The maximum Gasteiger partial charge on any atom is 0.243 e. The Bertz CT molecular complexity index is 1080. The Labute approximate surface area is 214 Å². The van der Waals surface area contributed by atoms with Crippen LogP contribution in [0.15, 0.2) is 54.6 Å². The SMILES string of the molecule is CCC(C(=O)NC(C)(C)C)N(Cc1ccc(Cl)cc1)C(=O)CCCN(c1ccccc1)S(C)(=O)=O. The van der Waals surface area contributed by atoms with Crippen molar-refractivity contribution < 1.29 is 18.0 Å². The van der Waals surface area contributed by atoms with Gasteiger partial charge in [0.1, 0.15) is 6.04 Å². The Kier molecular flexibility index (Phi) is 10.2. The van der Waals surface area contributed by atoms with Crippen molar-refractivity contribution in [3.8, 4) is 0 Å². The third-order valence-electron chi connectivity index (χ3n) is 5.35. The Morgan fingerprint density at radius 2 is 1.63 bits per heavy atom. The van der Waals surface area contributed by atoms with Gasteiger partial charge in [0.25, 0.3) is 0 Å². The molecule has 1 unspecified atom stereocenters. The number of benzene rings is 2. The number of nitrogens with zero attached hydrogens (tertiary/aromatic N) is 2. The van der Waals surface area contributed by atoms with E-state index in [9.17, 15) is 18.0 Å². The number of amides is 2. The minimum absolute atomic E-state index is 0.103. The van der Waals surface area contributed by atoms with Crippen LogP contribution in [0.3, 0.4) is 0 Å². The molecule has 0 aliphatic heterocycles. The highest BCUT2D eigenvalue weighted by atomic mass is 35.5. The van der Waals surface area contributed by atoms with Crippen molar-refractivity contribution in [2.24, 2.45) is 0 Å². The molecule has 9 heteroatoms. The first-order chi connectivity index (χ1) is 16.3. The summed E-state index contributed by atoms with van der Waals surface area (Å²) in [5.74, 6) is -0.429. The molecule has 0 saturated heterocycles. The Morgan fingerprint density at radius 3 is 2.14 bits per heavy atom. The first-order valence-electron chi connectivity index (χ1n) is 11.7. The van der Waals surface area contributed by atoms with Crippen LogP contribution in [0.2, 0.25) is 5.02 Å². The molecule has 2 aromatic rings. The van der Waals surface area contributed by atoms with Crippen molar-refractivity contribution in [3.05, 3.63) is 65.2 Å². The number of anilines is 1. The first-order valence-corrected chi connectivity index (χ1v) is 13.9. The molecule has 0 saturated carbocycles. The van der Waals surface area contributed by atoms with E-state index in [-0.39, 0.29) is 31.3 Å². The lowest BCUT2D eigenvalue weighted by Gasteiger charge is -2.33. The fourth-order valence-electron chi connectivity index (χ4n) is 3.76. The molecule has 192 valence electrons. The van der Waals surface area contributed by atoms with Gasteiger partial charge in [-0.05, 0) is 63.4 Å². The van der Waals surface area contributed by atoms with Gasteiger partial charge in [0.2, 0.25) is 21.8 Å². The summed E-state index contributed by atoms with van der Waals surface area (Å²) in [7, 11) is -3.51. The van der Waals surface area contributed by atoms with Crippen LogP contribution in [0.1, 0.15) is 52.5 Å². The average molecular weight is 522 g/mol. The van der Waals surface area contributed by atoms with Gasteiger partial charge in [0.15, 0.2) is 0 Å². The minimum atomic E-state index is -3.51. The fourth-order valence-corrected chi connectivity index (χ4v) is 4.85. The molecule has 0 radical (unpaired) electrons. The van der Waals surface area contributed by atoms with Crippen molar-refractivity contribution in [1.29, 1.82) is 0 Å². The summed E-state index contributed by atoms with van der Waals surface area (Å²) in [6.07, 6.45) is 2.01. The predicted molar refractivity (Wildman–Crippen MR) is 142 cm³/mol. The van der Waals surface area contributed by atoms with Crippen LogP contribution >= 0.6 is 11.6 Å². The Morgan fingerprint density at radius 1 is 1.03 bits per heavy atom. The van der Waals surface area contributed by atoms with Gasteiger partial charge in [-0.2, -0.15) is 0 Å². The molecule has 35 heavy (non-hydrogen) atoms. The third kappa shape index (κ3) is 9.18. The molecule has 1 N–H and O–H groups in total. The van der Waals surface area contributed by atoms with E-state index in [1.807, 2.05) is 45.9 Å². The molecular formula is C26H36ClN3O4S. The quantitative estimate of drug-likeness (QED) is 0.468. The average Bonchev–Trinajstić information content (AvgIpc) is 2.76. The molecule has 0 heterocycles. The van der Waals surface area contributed by atoms with Crippen LogP contribution in [-0.2, 0) is 26.2 Å². The van der Waals surface area contributed by atoms with Crippen molar-refractivity contribution in [2.45, 2.75) is 65.1 Å². The topological polar surface area (TPSA) is 86.8 Å². The van der Waals surface area contributed by atoms with E-state index in [1.54, 1.807) is 41.3 Å². The molecule has 0 aliphatic rings. The number of hydrogen-bond acceptors (Lipinski definition) is 4. The lowest BCUT2D eigenvalue weighted by atomic mass is 10.0. The van der Waals surface area contributed by atoms with E-state index >= 15 is 0 Å². The molecule has 0 spiro atoms. The van der Waals surface area contributed by atoms with Gasteiger partial charge in [-0.15, -0.1) is 0 Å². The largest absolute Gasteiger partial charge is 0.350 e. The Hall–Kier alpha value is -2.58. The number of rotatable bonds is 11. The normalized spacial score (nSPS) is 12.6. The summed E-state index contributed by atoms with van der Waals surface area (Å²) in [4.78, 5) is 28.1. The highest BCUT2D eigenvalue weighted by Gasteiger charge is 2.30. The molecule has 0 aliphatic carbocycles. The summed E-state index contributed by atoms with van der Waals surface area (Å²) in [6, 6.07) is 15.3. The maximum atomic E-state index is 13.4. The zero-order chi connectivity index (χ0) is 26.2. The second-order valence-electron chi connectivity index (χ2n) is 9.59. The van der Waals surface area contributed by atoms with Gasteiger partial charge >= 0.3 is 0 Å². The van der Waals surface area contributed by atoms with Crippen LogP contribution in [0, 0.1) is 0 Å². The van der Waals surface area contributed by atoms with Crippen LogP contribution in [-0.4, -0.2) is 49.5 Å². The van der Waals surface area contributed by atoms with E-state index < -0.39 is 21.6 Å². The van der Waals surface area contributed by atoms with E-state index in [0.29, 0.717) is 23.6 Å². The number of halogens is 1. The van der Waals surface area contributed by atoms with Crippen molar-refractivity contribution in [1.82, 2.24) is 10.2 Å². The zero-order valence-electron chi connectivity index (χ0n) is 21.1. The predicted octanol–water partition coefficient (Wildman–Crippen LogP) is 4.61. The van der Waals surface area contributed by atoms with Gasteiger partial charge in [-0.1, -0.05) is 48.9 Å². The van der Waals surface area contributed by atoms with Crippen LogP contribution < -0.4 is 9.62 Å². The molecule has 2 rings (SSSR count). The smallest absolute Gasteiger partial charge is 0.243 e. The molecule has 1 atom stereocenters. The van der Waals surface area contributed by atoms with E-state index in [0.717, 1.165) is 11.8 Å². The summed E-state index contributed by atoms with van der Waals surface area (Å²) < 4.78 is 26.0. The lowest BCUT2D eigenvalue weighted by molar-refractivity contribution is -0.142. The molecule has 7 nitrogen and oxygen atoms in total. The van der Waals surface area contributed by atoms with Gasteiger partial charge in [-0.3, -0.25) is 13.9 Å². The Balaban J connectivity index is 2.21. The second-order valence-corrected chi connectivity index (χ2v) is 11.9. The maximum absolute atomic E-state index is 13.4. The van der Waals surface area contributed by atoms with E-state index in [1.165, 1.54) is 4.31 Å². The number of para-hydroxylation sites is 1. The van der Waals surface area contributed by atoms with E-state index in [2.05, 4.69) is 5.32 Å². The van der Waals surface area contributed by atoms with Gasteiger partial charge in [0, 0.05) is 30.1 Å². The molecule has 0 bridgehead atoms. The number of carbonyl (C=O) groups is 2. The van der Waals surface area contributed by atoms with Crippen molar-refractivity contribution in [2.75, 3.05) is 17.1 Å². The van der Waals surface area contributed by atoms with Gasteiger partial charge < -0.3 is 10.2 Å². The monoisotopic (exact) mass is 521 g/mol. The number of nitrogens with one attached hydrogen (secondary N) is 1. The van der Waals surface area contributed by atoms with Gasteiger partial charge in [0.05, 0.1) is 11.9 Å². The third-order valence-corrected chi connectivity index (χ3v) is 6.79. The molecule has 0 fully saturated rings. The summed E-state index contributed by atoms with van der Waals surface area (Å²) in [6.45, 7) is 7.97. The molecule has 2 aromatic carbocycles. The number of carbonyl (C=O) groups excluding carboxylic acids is 2. The summed E-state index contributed by atoms with van der Waals surface area (Å²) in [5.41, 5.74) is 0.966. The van der Waals surface area contributed by atoms with Crippen molar-refractivity contribution in [3.63, 3.8) is 0 Å². The molecular weight excluding hydrogens is 486 g/mol. The number of sulfonamides is 1. The number of hydrogen-bond donors (Lipinski definition) is 1. The highest BCUT2D eigenvalue weighted by molar-refractivity contribution is 7.92. The van der Waals surface area contributed by atoms with Crippen LogP contribution in [0.5, 0.6) is 0 Å². The summed E-state index contributed by atoms with van der Waals surface area (Å²) in [5, 5.41) is 3.56. The van der Waals surface area contributed by atoms with Crippen molar-refractivity contribution >= 4 is 39.1 Å². The summed E-state index contributed by atoms with van der Waals surface area (Å²) >= 11 is 6.01.